The second kappa shape index (κ2) is 7.11. The molecule has 2 aromatic carbocycles. The molecule has 0 spiro atoms. The number of ether oxygens (including phenoxy) is 2. The number of methoxy groups -OCH3 is 2. The van der Waals surface area contributed by atoms with Crippen molar-refractivity contribution in [2.45, 2.75) is 4.90 Å². The molecule has 0 radical (unpaired) electrons. The molecule has 23 heavy (non-hydrogen) atoms. The molecule has 0 saturated heterocycles. The first-order valence-corrected chi connectivity index (χ1v) is 7.79. The Morgan fingerprint density at radius 1 is 0.957 bits per heavy atom. The molecule has 3 rings (SSSR count). The minimum Gasteiger partial charge on any atom is -0.493 e. The van der Waals surface area contributed by atoms with E-state index in [2.05, 4.69) is 9.88 Å². The van der Waals surface area contributed by atoms with Crippen molar-refractivity contribution in [3.05, 3.63) is 54.6 Å². The summed E-state index contributed by atoms with van der Waals surface area (Å²) in [5, 5.41) is 4.06. The molecule has 0 fully saturated rings. The smallest absolute Gasteiger partial charge is 0.235 e. The highest BCUT2D eigenvalue weighted by molar-refractivity contribution is 8.00. The van der Waals surface area contributed by atoms with Crippen LogP contribution in [0.5, 0.6) is 11.5 Å². The topological polar surface area (TPSA) is 56.5 Å². The highest BCUT2D eigenvalue weighted by Gasteiger charge is 2.08. The molecule has 118 valence electrons. The summed E-state index contributed by atoms with van der Waals surface area (Å²) in [5.74, 6) is 1.97. The van der Waals surface area contributed by atoms with Gasteiger partial charge in [-0.15, -0.1) is 0 Å². The van der Waals surface area contributed by atoms with Crippen molar-refractivity contribution in [2.24, 2.45) is 0 Å². The summed E-state index contributed by atoms with van der Waals surface area (Å²) in [4.78, 5) is 0.973. The highest BCUT2D eigenvalue weighted by Crippen LogP contribution is 2.32. The van der Waals surface area contributed by atoms with Crippen molar-refractivity contribution in [3.63, 3.8) is 0 Å². The van der Waals surface area contributed by atoms with Gasteiger partial charge in [0.05, 0.1) is 14.2 Å². The molecule has 6 heteroatoms. The average molecular weight is 328 g/mol. The summed E-state index contributed by atoms with van der Waals surface area (Å²) < 4.78 is 18.9. The quantitative estimate of drug-likeness (QED) is 0.673. The van der Waals surface area contributed by atoms with Gasteiger partial charge in [0.25, 0.3) is 0 Å². The standard InChI is InChI=1S/C17H16N2O3S/c1-20-15-9-8-13(10-16(15)21-2)23-19-17-11-14(18-22-17)12-6-4-3-5-7-12/h3-11,19H,1-2H3. The van der Waals surface area contributed by atoms with E-state index in [0.717, 1.165) is 16.2 Å². The fraction of sp³-hybridized carbons (Fsp3) is 0.118. The van der Waals surface area contributed by atoms with E-state index in [1.54, 1.807) is 14.2 Å². The zero-order valence-corrected chi connectivity index (χ0v) is 13.6. The van der Waals surface area contributed by atoms with Gasteiger partial charge in [-0.05, 0) is 30.1 Å². The van der Waals surface area contributed by atoms with Crippen molar-refractivity contribution in [1.29, 1.82) is 0 Å². The van der Waals surface area contributed by atoms with Crippen LogP contribution >= 0.6 is 11.9 Å². The Balaban J connectivity index is 1.68. The first kappa shape index (κ1) is 15.3. The normalized spacial score (nSPS) is 10.3. The molecule has 1 heterocycles. The Hall–Kier alpha value is -2.60. The fourth-order valence-corrected chi connectivity index (χ4v) is 2.67. The SMILES string of the molecule is COc1ccc(SNc2cc(-c3ccccc3)no2)cc1OC. The maximum absolute atomic E-state index is 5.30. The van der Waals surface area contributed by atoms with Gasteiger partial charge in [0.15, 0.2) is 11.5 Å². The summed E-state index contributed by atoms with van der Waals surface area (Å²) in [5.41, 5.74) is 1.81. The van der Waals surface area contributed by atoms with Crippen LogP contribution in [0.3, 0.4) is 0 Å². The van der Waals surface area contributed by atoms with E-state index in [-0.39, 0.29) is 0 Å². The molecule has 0 bridgehead atoms. The Morgan fingerprint density at radius 3 is 2.48 bits per heavy atom. The first-order valence-electron chi connectivity index (χ1n) is 6.97. The second-order valence-electron chi connectivity index (χ2n) is 4.66. The molecule has 0 atom stereocenters. The van der Waals surface area contributed by atoms with Crippen LogP contribution in [0.1, 0.15) is 0 Å². The van der Waals surface area contributed by atoms with E-state index in [1.165, 1.54) is 11.9 Å². The molecular formula is C17H16N2O3S. The van der Waals surface area contributed by atoms with Crippen LogP contribution in [0, 0.1) is 0 Å². The molecule has 3 aromatic rings. The van der Waals surface area contributed by atoms with E-state index in [9.17, 15) is 0 Å². The second-order valence-corrected chi connectivity index (χ2v) is 5.54. The van der Waals surface area contributed by atoms with Crippen molar-refractivity contribution >= 4 is 17.8 Å². The zero-order valence-electron chi connectivity index (χ0n) is 12.8. The maximum atomic E-state index is 5.30. The molecule has 1 N–H and O–H groups in total. The Morgan fingerprint density at radius 2 is 1.74 bits per heavy atom. The van der Waals surface area contributed by atoms with Crippen LogP contribution < -0.4 is 14.2 Å². The molecule has 1 aromatic heterocycles. The molecule has 0 aliphatic heterocycles. The van der Waals surface area contributed by atoms with E-state index in [1.807, 2.05) is 54.6 Å². The van der Waals surface area contributed by atoms with Gasteiger partial charge in [-0.3, -0.25) is 4.72 Å². The lowest BCUT2D eigenvalue weighted by Crippen LogP contribution is -1.91. The lowest BCUT2D eigenvalue weighted by atomic mass is 10.2. The molecule has 5 nitrogen and oxygen atoms in total. The van der Waals surface area contributed by atoms with Crippen molar-refractivity contribution < 1.29 is 14.0 Å². The van der Waals surface area contributed by atoms with Gasteiger partial charge < -0.3 is 14.0 Å². The van der Waals surface area contributed by atoms with Crippen LogP contribution in [-0.4, -0.2) is 19.4 Å². The molecule has 0 aliphatic rings. The van der Waals surface area contributed by atoms with Gasteiger partial charge in [-0.2, -0.15) is 0 Å². The van der Waals surface area contributed by atoms with E-state index in [4.69, 9.17) is 14.0 Å². The van der Waals surface area contributed by atoms with Crippen LogP contribution in [0.25, 0.3) is 11.3 Å². The summed E-state index contributed by atoms with van der Waals surface area (Å²) >= 11 is 1.41. The Bertz CT molecular complexity index is 775. The molecule has 0 saturated carbocycles. The van der Waals surface area contributed by atoms with E-state index >= 15 is 0 Å². The lowest BCUT2D eigenvalue weighted by molar-refractivity contribution is 0.354. The van der Waals surface area contributed by atoms with Crippen LogP contribution in [0.2, 0.25) is 0 Å². The predicted octanol–water partition coefficient (Wildman–Crippen LogP) is 4.48. The van der Waals surface area contributed by atoms with Gasteiger partial charge in [-0.25, -0.2) is 0 Å². The third-order valence-corrected chi connectivity index (χ3v) is 4.00. The molecular weight excluding hydrogens is 312 g/mol. The number of nitrogens with one attached hydrogen (secondary N) is 1. The van der Waals surface area contributed by atoms with Gasteiger partial charge >= 0.3 is 0 Å². The predicted molar refractivity (Wildman–Crippen MR) is 91.0 cm³/mol. The summed E-state index contributed by atoms with van der Waals surface area (Å²) in [6, 6.07) is 17.4. The number of benzene rings is 2. The van der Waals surface area contributed by atoms with E-state index in [0.29, 0.717) is 17.4 Å². The van der Waals surface area contributed by atoms with Gasteiger partial charge in [-0.1, -0.05) is 35.5 Å². The summed E-state index contributed by atoms with van der Waals surface area (Å²) in [6.07, 6.45) is 0. The van der Waals surface area contributed by atoms with Crippen molar-refractivity contribution in [2.75, 3.05) is 18.9 Å². The Kier molecular flexibility index (Phi) is 4.73. The number of hydrogen-bond donors (Lipinski definition) is 1. The Labute approximate surface area is 138 Å². The van der Waals surface area contributed by atoms with E-state index < -0.39 is 0 Å². The van der Waals surface area contributed by atoms with Gasteiger partial charge in [0.1, 0.15) is 5.69 Å². The highest BCUT2D eigenvalue weighted by atomic mass is 32.2. The number of anilines is 1. The summed E-state index contributed by atoms with van der Waals surface area (Å²) in [6.45, 7) is 0. The number of nitrogens with zero attached hydrogens (tertiary/aromatic N) is 1. The molecule has 0 aliphatic carbocycles. The first-order chi connectivity index (χ1) is 11.3. The van der Waals surface area contributed by atoms with Crippen molar-refractivity contribution in [1.82, 2.24) is 5.16 Å². The number of hydrogen-bond acceptors (Lipinski definition) is 6. The van der Waals surface area contributed by atoms with Crippen LogP contribution in [0.15, 0.2) is 64.0 Å². The number of aromatic nitrogens is 1. The van der Waals surface area contributed by atoms with Crippen LogP contribution in [0.4, 0.5) is 5.88 Å². The van der Waals surface area contributed by atoms with Gasteiger partial charge in [0.2, 0.25) is 5.88 Å². The van der Waals surface area contributed by atoms with Crippen molar-refractivity contribution in [3.8, 4) is 22.8 Å². The summed E-state index contributed by atoms with van der Waals surface area (Å²) in [7, 11) is 3.23. The number of rotatable bonds is 6. The third-order valence-electron chi connectivity index (χ3n) is 3.20. The largest absolute Gasteiger partial charge is 0.493 e. The minimum atomic E-state index is 0.587. The molecule has 0 unspecified atom stereocenters. The average Bonchev–Trinajstić information content (AvgIpc) is 3.09. The minimum absolute atomic E-state index is 0.587. The van der Waals surface area contributed by atoms with Crippen LogP contribution in [-0.2, 0) is 0 Å². The molecule has 0 amide bonds. The zero-order chi connectivity index (χ0) is 16.1. The van der Waals surface area contributed by atoms with Gasteiger partial charge in [0, 0.05) is 16.5 Å². The fourth-order valence-electron chi connectivity index (χ4n) is 2.06. The maximum Gasteiger partial charge on any atom is 0.235 e. The monoisotopic (exact) mass is 328 g/mol. The lowest BCUT2D eigenvalue weighted by Gasteiger charge is -2.09. The third kappa shape index (κ3) is 3.60.